The van der Waals surface area contributed by atoms with E-state index in [1.165, 1.54) is 30.3 Å². The molecule has 6 nitrogen and oxygen atoms in total. The Morgan fingerprint density at radius 3 is 2.41 bits per heavy atom. The number of nitrogens with zero attached hydrogens (tertiary/aromatic N) is 1. The third-order valence-corrected chi connectivity index (χ3v) is 3.47. The number of hydrogen-bond acceptors (Lipinski definition) is 4. The fourth-order valence-electron chi connectivity index (χ4n) is 2.17. The van der Waals surface area contributed by atoms with Crippen molar-refractivity contribution in [3.63, 3.8) is 0 Å². The Hall–Kier alpha value is -2.94. The zero-order chi connectivity index (χ0) is 19.9. The molecule has 0 bridgehead atoms. The van der Waals surface area contributed by atoms with Crippen LogP contribution in [0.15, 0.2) is 42.5 Å². The number of aromatic nitrogens is 1. The van der Waals surface area contributed by atoms with Crippen LogP contribution in [0, 0.1) is 0 Å². The van der Waals surface area contributed by atoms with Crippen molar-refractivity contribution in [1.82, 2.24) is 10.3 Å². The summed E-state index contributed by atoms with van der Waals surface area (Å²) in [5.41, 5.74) is -0.954. The maximum Gasteiger partial charge on any atom is 0.416 e. The molecule has 144 valence electrons. The first-order valence-corrected chi connectivity index (χ1v) is 8.04. The van der Waals surface area contributed by atoms with Crippen LogP contribution < -0.4 is 10.6 Å². The monoisotopic (exact) mass is 381 g/mol. The second-order valence-electron chi connectivity index (χ2n) is 5.54. The van der Waals surface area contributed by atoms with E-state index < -0.39 is 23.6 Å². The van der Waals surface area contributed by atoms with Crippen molar-refractivity contribution in [3.8, 4) is 0 Å². The Morgan fingerprint density at radius 2 is 1.74 bits per heavy atom. The number of ether oxygens (including phenoxy) is 1. The van der Waals surface area contributed by atoms with Gasteiger partial charge in [-0.15, -0.1) is 0 Å². The highest BCUT2D eigenvalue weighted by molar-refractivity contribution is 6.03. The third kappa shape index (κ3) is 6.07. The highest BCUT2D eigenvalue weighted by Gasteiger charge is 2.30. The van der Waals surface area contributed by atoms with Gasteiger partial charge in [-0.05, 0) is 36.8 Å². The van der Waals surface area contributed by atoms with E-state index >= 15 is 0 Å². The largest absolute Gasteiger partial charge is 0.416 e. The number of anilines is 1. The Balaban J connectivity index is 2.06. The summed E-state index contributed by atoms with van der Waals surface area (Å²) in [6.07, 6.45) is -3.89. The number of pyridine rings is 1. The predicted molar refractivity (Wildman–Crippen MR) is 92.5 cm³/mol. The summed E-state index contributed by atoms with van der Waals surface area (Å²) in [6.45, 7) is 0.877. The normalized spacial score (nSPS) is 11.1. The maximum absolute atomic E-state index is 12.7. The topological polar surface area (TPSA) is 80.3 Å². The predicted octanol–water partition coefficient (Wildman–Crippen LogP) is 3.12. The second kappa shape index (κ2) is 9.13. The Kier molecular flexibility index (Phi) is 6.89. The standard InChI is InChI=1S/C18H18F3N3O3/c1-27-10-4-9-22-16(25)14-7-3-8-15(24-14)17(26)23-13-6-2-5-12(11-13)18(19,20)21/h2-3,5-8,11H,4,9-10H2,1H3,(H,22,25)(H,23,26). The van der Waals surface area contributed by atoms with Gasteiger partial charge in [0, 0.05) is 25.9 Å². The summed E-state index contributed by atoms with van der Waals surface area (Å²) in [5, 5.41) is 4.98. The van der Waals surface area contributed by atoms with Gasteiger partial charge in [-0.2, -0.15) is 13.2 Å². The number of methoxy groups -OCH3 is 1. The number of amides is 2. The summed E-state index contributed by atoms with van der Waals surface area (Å²) >= 11 is 0. The van der Waals surface area contributed by atoms with Crippen LogP contribution in [0.1, 0.15) is 33.0 Å². The van der Waals surface area contributed by atoms with E-state index in [1.54, 1.807) is 7.11 Å². The van der Waals surface area contributed by atoms with Gasteiger partial charge in [0.15, 0.2) is 0 Å². The first-order valence-electron chi connectivity index (χ1n) is 8.04. The number of benzene rings is 1. The van der Waals surface area contributed by atoms with Gasteiger partial charge in [-0.1, -0.05) is 12.1 Å². The van der Waals surface area contributed by atoms with Gasteiger partial charge < -0.3 is 15.4 Å². The van der Waals surface area contributed by atoms with Crippen molar-refractivity contribution in [3.05, 3.63) is 59.4 Å². The summed E-state index contributed by atoms with van der Waals surface area (Å²) in [5.74, 6) is -1.18. The fourth-order valence-corrected chi connectivity index (χ4v) is 2.17. The average molecular weight is 381 g/mol. The highest BCUT2D eigenvalue weighted by Crippen LogP contribution is 2.30. The van der Waals surface area contributed by atoms with Crippen LogP contribution in [0.5, 0.6) is 0 Å². The molecule has 0 aliphatic rings. The zero-order valence-corrected chi connectivity index (χ0v) is 14.5. The lowest BCUT2D eigenvalue weighted by Crippen LogP contribution is -2.27. The molecule has 0 fully saturated rings. The summed E-state index contributed by atoms with van der Waals surface area (Å²) in [4.78, 5) is 28.2. The van der Waals surface area contributed by atoms with Crippen molar-refractivity contribution in [2.45, 2.75) is 12.6 Å². The van der Waals surface area contributed by atoms with Crippen LogP contribution in [-0.4, -0.2) is 37.1 Å². The number of carbonyl (C=O) groups excluding carboxylic acids is 2. The van der Waals surface area contributed by atoms with Gasteiger partial charge in [0.25, 0.3) is 11.8 Å². The molecule has 0 aliphatic heterocycles. The van der Waals surface area contributed by atoms with Gasteiger partial charge in [0.2, 0.25) is 0 Å². The summed E-state index contributed by atoms with van der Waals surface area (Å²) in [7, 11) is 1.55. The lowest BCUT2D eigenvalue weighted by Gasteiger charge is -2.10. The first kappa shape index (κ1) is 20.4. The average Bonchev–Trinajstić information content (AvgIpc) is 2.64. The molecule has 2 N–H and O–H groups in total. The van der Waals surface area contributed by atoms with Gasteiger partial charge in [0.1, 0.15) is 11.4 Å². The molecule has 2 rings (SSSR count). The van der Waals surface area contributed by atoms with Crippen molar-refractivity contribution >= 4 is 17.5 Å². The quantitative estimate of drug-likeness (QED) is 0.723. The van der Waals surface area contributed by atoms with Crippen LogP contribution in [-0.2, 0) is 10.9 Å². The summed E-state index contributed by atoms with van der Waals surface area (Å²) in [6, 6.07) is 8.53. The number of halogens is 3. The van der Waals surface area contributed by atoms with Crippen LogP contribution in [0.3, 0.4) is 0 Å². The molecule has 2 amide bonds. The van der Waals surface area contributed by atoms with Crippen molar-refractivity contribution in [2.24, 2.45) is 0 Å². The molecule has 0 unspecified atom stereocenters. The number of rotatable bonds is 7. The lowest BCUT2D eigenvalue weighted by atomic mass is 10.2. The zero-order valence-electron chi connectivity index (χ0n) is 14.5. The fraction of sp³-hybridized carbons (Fsp3) is 0.278. The van der Waals surface area contributed by atoms with Crippen molar-refractivity contribution in [1.29, 1.82) is 0 Å². The highest BCUT2D eigenvalue weighted by atomic mass is 19.4. The number of hydrogen-bond donors (Lipinski definition) is 2. The molecule has 27 heavy (non-hydrogen) atoms. The van der Waals surface area contributed by atoms with E-state index in [4.69, 9.17) is 4.74 Å². The summed E-state index contributed by atoms with van der Waals surface area (Å²) < 4.78 is 43.1. The van der Waals surface area contributed by atoms with Gasteiger partial charge in [-0.3, -0.25) is 9.59 Å². The molecule has 9 heteroatoms. The molecule has 2 aromatic rings. The van der Waals surface area contributed by atoms with E-state index in [1.807, 2.05) is 0 Å². The van der Waals surface area contributed by atoms with Gasteiger partial charge in [-0.25, -0.2) is 4.98 Å². The molecule has 0 atom stereocenters. The Labute approximate surface area is 153 Å². The van der Waals surface area contributed by atoms with E-state index in [0.717, 1.165) is 12.1 Å². The SMILES string of the molecule is COCCCNC(=O)c1cccc(C(=O)Nc2cccc(C(F)(F)F)c2)n1. The van der Waals surface area contributed by atoms with E-state index in [0.29, 0.717) is 19.6 Å². The molecule has 1 heterocycles. The smallest absolute Gasteiger partial charge is 0.385 e. The van der Waals surface area contributed by atoms with Crippen molar-refractivity contribution in [2.75, 3.05) is 25.6 Å². The first-order chi connectivity index (χ1) is 12.8. The molecule has 0 spiro atoms. The molecule has 0 radical (unpaired) electrons. The van der Waals surface area contributed by atoms with Gasteiger partial charge in [0.05, 0.1) is 5.56 Å². The van der Waals surface area contributed by atoms with E-state index in [-0.39, 0.29) is 17.1 Å². The molecule has 1 aromatic heterocycles. The molecular formula is C18H18F3N3O3. The minimum atomic E-state index is -4.51. The molecule has 1 aromatic carbocycles. The van der Waals surface area contributed by atoms with Crippen LogP contribution in [0.25, 0.3) is 0 Å². The third-order valence-electron chi connectivity index (χ3n) is 3.47. The van der Waals surface area contributed by atoms with Crippen molar-refractivity contribution < 1.29 is 27.5 Å². The number of nitrogens with one attached hydrogen (secondary N) is 2. The van der Waals surface area contributed by atoms with E-state index in [9.17, 15) is 22.8 Å². The Morgan fingerprint density at radius 1 is 1.07 bits per heavy atom. The van der Waals surface area contributed by atoms with E-state index in [2.05, 4.69) is 15.6 Å². The number of carbonyl (C=O) groups is 2. The number of alkyl halides is 3. The molecule has 0 aliphatic carbocycles. The van der Waals surface area contributed by atoms with Crippen LogP contribution in [0.4, 0.5) is 18.9 Å². The minimum absolute atomic E-state index is 0.0222. The van der Waals surface area contributed by atoms with Crippen LogP contribution in [0.2, 0.25) is 0 Å². The second-order valence-corrected chi connectivity index (χ2v) is 5.54. The van der Waals surface area contributed by atoms with Gasteiger partial charge >= 0.3 is 6.18 Å². The lowest BCUT2D eigenvalue weighted by molar-refractivity contribution is -0.137. The molecular weight excluding hydrogens is 363 g/mol. The maximum atomic E-state index is 12.7. The minimum Gasteiger partial charge on any atom is -0.385 e. The Bertz CT molecular complexity index is 810. The molecule has 0 saturated heterocycles. The molecule has 0 saturated carbocycles. The van der Waals surface area contributed by atoms with Crippen LogP contribution >= 0.6 is 0 Å².